The first-order valence-corrected chi connectivity index (χ1v) is 14.1. The van der Waals surface area contributed by atoms with Crippen LogP contribution >= 0.6 is 23.2 Å². The minimum Gasteiger partial charge on any atom is -0.489 e. The number of anilines is 1. The highest BCUT2D eigenvalue weighted by molar-refractivity contribution is 6.30. The summed E-state index contributed by atoms with van der Waals surface area (Å²) in [6, 6.07) is 23.0. The first-order chi connectivity index (χ1) is 19.4. The van der Waals surface area contributed by atoms with E-state index >= 15 is 0 Å². The second kappa shape index (κ2) is 13.3. The zero-order valence-corrected chi connectivity index (χ0v) is 23.5. The van der Waals surface area contributed by atoms with Crippen molar-refractivity contribution in [2.45, 2.75) is 38.8 Å². The van der Waals surface area contributed by atoms with Crippen LogP contribution in [0.3, 0.4) is 0 Å². The van der Waals surface area contributed by atoms with Crippen LogP contribution in [0.2, 0.25) is 10.0 Å². The molecule has 1 aliphatic heterocycles. The Bertz CT molecular complexity index is 1470. The summed E-state index contributed by atoms with van der Waals surface area (Å²) in [7, 11) is 0. The predicted molar refractivity (Wildman–Crippen MR) is 158 cm³/mol. The number of likely N-dealkylation sites (tertiary alicyclic amines) is 1. The third kappa shape index (κ3) is 7.60. The molecular weight excluding hydrogens is 548 g/mol. The molecule has 5 rings (SSSR count). The maximum Gasteiger partial charge on any atom is 0.274 e. The molecule has 0 aliphatic carbocycles. The summed E-state index contributed by atoms with van der Waals surface area (Å²) in [5.41, 5.74) is 4.10. The number of carbonyl (C=O) groups excluding carboxylic acids is 1. The third-order valence-corrected chi connectivity index (χ3v) is 7.37. The molecule has 206 valence electrons. The summed E-state index contributed by atoms with van der Waals surface area (Å²) in [5, 5.41) is 3.81. The molecular formula is C32H30Cl2FN3O2. The molecule has 3 aromatic carbocycles. The van der Waals surface area contributed by atoms with Gasteiger partial charge in [-0.05, 0) is 86.1 Å². The topological polar surface area (TPSA) is 54.5 Å². The van der Waals surface area contributed by atoms with Gasteiger partial charge in [-0.2, -0.15) is 0 Å². The number of nitrogens with zero attached hydrogens (tertiary/aromatic N) is 2. The van der Waals surface area contributed by atoms with Gasteiger partial charge in [0.15, 0.2) is 0 Å². The van der Waals surface area contributed by atoms with Gasteiger partial charge < -0.3 is 10.1 Å². The van der Waals surface area contributed by atoms with E-state index in [1.807, 2.05) is 18.2 Å². The van der Waals surface area contributed by atoms with Crippen molar-refractivity contribution in [1.82, 2.24) is 9.88 Å². The summed E-state index contributed by atoms with van der Waals surface area (Å²) >= 11 is 12.1. The van der Waals surface area contributed by atoms with Gasteiger partial charge in [-0.1, -0.05) is 53.9 Å². The molecule has 0 saturated carbocycles. The molecule has 0 unspecified atom stereocenters. The van der Waals surface area contributed by atoms with E-state index < -0.39 is 5.82 Å². The summed E-state index contributed by atoms with van der Waals surface area (Å²) in [6.07, 6.45) is 4.21. The number of halogens is 3. The van der Waals surface area contributed by atoms with E-state index in [1.54, 1.807) is 42.5 Å². The fraction of sp³-hybridized carbons (Fsp3) is 0.250. The molecule has 0 bridgehead atoms. The van der Waals surface area contributed by atoms with Crippen LogP contribution < -0.4 is 10.1 Å². The molecule has 1 amide bonds. The van der Waals surface area contributed by atoms with E-state index in [0.29, 0.717) is 39.2 Å². The van der Waals surface area contributed by atoms with Crippen molar-refractivity contribution in [1.29, 1.82) is 0 Å². The number of piperidine rings is 1. The van der Waals surface area contributed by atoms with E-state index in [1.165, 1.54) is 30.9 Å². The van der Waals surface area contributed by atoms with Crippen molar-refractivity contribution in [3.05, 3.63) is 123 Å². The van der Waals surface area contributed by atoms with Crippen molar-refractivity contribution in [3.63, 3.8) is 0 Å². The number of ether oxygens (including phenoxy) is 1. The lowest BCUT2D eigenvalue weighted by molar-refractivity contribution is 0.102. The first-order valence-electron chi connectivity index (χ1n) is 13.4. The Balaban J connectivity index is 1.23. The largest absolute Gasteiger partial charge is 0.489 e. The van der Waals surface area contributed by atoms with Crippen molar-refractivity contribution in [2.75, 3.05) is 18.4 Å². The van der Waals surface area contributed by atoms with Gasteiger partial charge in [0.2, 0.25) is 0 Å². The fourth-order valence-electron chi connectivity index (χ4n) is 4.79. The predicted octanol–water partition coefficient (Wildman–Crippen LogP) is 7.94. The Morgan fingerprint density at radius 3 is 2.42 bits per heavy atom. The number of benzene rings is 3. The van der Waals surface area contributed by atoms with E-state index in [-0.39, 0.29) is 12.5 Å². The lowest BCUT2D eigenvalue weighted by Gasteiger charge is -2.26. The minimum absolute atomic E-state index is 0.0321. The summed E-state index contributed by atoms with van der Waals surface area (Å²) < 4.78 is 20.2. The summed E-state index contributed by atoms with van der Waals surface area (Å²) in [5.74, 6) is -0.161. The average Bonchev–Trinajstić information content (AvgIpc) is 2.95. The standard InChI is InChI=1S/C32H30Cl2FN3O2/c33-25-11-14-31(40-21-23-9-10-26(34)19-29(23)35)24(17-25)18-28-5-4-6-30(36-28)32(39)37-27-12-7-22(8-13-27)20-38-15-2-1-3-16-38/h4-14,17,19H,1-3,15-16,18,20-21H2,(H,37,39). The number of nitrogens with one attached hydrogen (secondary N) is 1. The number of hydrogen-bond acceptors (Lipinski definition) is 4. The van der Waals surface area contributed by atoms with Crippen LogP contribution in [0, 0.1) is 5.82 Å². The Hall–Kier alpha value is -3.45. The maximum absolute atomic E-state index is 14.2. The average molecular weight is 579 g/mol. The van der Waals surface area contributed by atoms with Crippen molar-refractivity contribution in [2.24, 2.45) is 0 Å². The van der Waals surface area contributed by atoms with Gasteiger partial charge in [-0.25, -0.2) is 9.37 Å². The van der Waals surface area contributed by atoms with Gasteiger partial charge in [-0.3, -0.25) is 9.69 Å². The molecule has 1 aromatic heterocycles. The molecule has 4 aromatic rings. The number of carbonyl (C=O) groups is 1. The van der Waals surface area contributed by atoms with E-state index in [4.69, 9.17) is 27.9 Å². The highest BCUT2D eigenvalue weighted by Gasteiger charge is 2.14. The van der Waals surface area contributed by atoms with Crippen molar-refractivity contribution < 1.29 is 13.9 Å². The van der Waals surface area contributed by atoms with Crippen LogP contribution in [-0.4, -0.2) is 28.9 Å². The van der Waals surface area contributed by atoms with Crippen LogP contribution in [0.15, 0.2) is 78.9 Å². The summed E-state index contributed by atoms with van der Waals surface area (Å²) in [6.45, 7) is 3.25. The van der Waals surface area contributed by atoms with E-state index in [0.717, 1.165) is 30.9 Å². The highest BCUT2D eigenvalue weighted by Crippen LogP contribution is 2.27. The Labute approximate surface area is 243 Å². The van der Waals surface area contributed by atoms with Gasteiger partial charge in [0.1, 0.15) is 23.9 Å². The van der Waals surface area contributed by atoms with Gasteiger partial charge >= 0.3 is 0 Å². The Morgan fingerprint density at radius 2 is 1.65 bits per heavy atom. The maximum atomic E-state index is 14.2. The molecule has 0 atom stereocenters. The molecule has 1 saturated heterocycles. The molecule has 8 heteroatoms. The molecule has 5 nitrogen and oxygen atoms in total. The minimum atomic E-state index is -0.431. The molecule has 1 N–H and O–H groups in total. The number of aromatic nitrogens is 1. The van der Waals surface area contributed by atoms with Crippen LogP contribution in [0.4, 0.5) is 10.1 Å². The molecule has 1 fully saturated rings. The lowest BCUT2D eigenvalue weighted by Crippen LogP contribution is -2.29. The smallest absolute Gasteiger partial charge is 0.274 e. The third-order valence-electron chi connectivity index (χ3n) is 6.90. The zero-order chi connectivity index (χ0) is 27.9. The number of rotatable bonds is 9. The van der Waals surface area contributed by atoms with Crippen LogP contribution in [0.5, 0.6) is 5.75 Å². The normalized spacial score (nSPS) is 13.7. The molecule has 40 heavy (non-hydrogen) atoms. The lowest BCUT2D eigenvalue weighted by atomic mass is 10.1. The number of pyridine rings is 1. The highest BCUT2D eigenvalue weighted by atomic mass is 35.5. The van der Waals surface area contributed by atoms with Gasteiger partial charge in [0, 0.05) is 45.5 Å². The van der Waals surface area contributed by atoms with Crippen LogP contribution in [0.1, 0.15) is 52.1 Å². The molecule has 0 radical (unpaired) electrons. The summed E-state index contributed by atoms with van der Waals surface area (Å²) in [4.78, 5) is 20.0. The van der Waals surface area contributed by atoms with Crippen molar-refractivity contribution in [3.8, 4) is 5.75 Å². The fourth-order valence-corrected chi connectivity index (χ4v) is 5.14. The van der Waals surface area contributed by atoms with E-state index in [2.05, 4.69) is 27.3 Å². The number of amides is 1. The van der Waals surface area contributed by atoms with E-state index in [9.17, 15) is 9.18 Å². The second-order valence-corrected chi connectivity index (χ2v) is 10.8. The van der Waals surface area contributed by atoms with Crippen LogP contribution in [-0.2, 0) is 19.6 Å². The van der Waals surface area contributed by atoms with Gasteiger partial charge in [0.05, 0.1) is 0 Å². The molecule has 0 spiro atoms. The van der Waals surface area contributed by atoms with Gasteiger partial charge in [0.25, 0.3) is 5.91 Å². The Kier molecular flexibility index (Phi) is 9.32. The molecule has 1 aliphatic rings. The van der Waals surface area contributed by atoms with Crippen LogP contribution in [0.25, 0.3) is 0 Å². The SMILES string of the molecule is O=C(Nc1ccc(CN2CCCCC2)cc1)c1cccc(Cc2cc(Cl)ccc2OCc2ccc(Cl)cc2F)n1. The van der Waals surface area contributed by atoms with Gasteiger partial charge in [-0.15, -0.1) is 0 Å². The zero-order valence-electron chi connectivity index (χ0n) is 22.0. The van der Waals surface area contributed by atoms with Crippen molar-refractivity contribution >= 4 is 34.8 Å². The second-order valence-electron chi connectivity index (χ2n) is 9.96. The number of hydrogen-bond donors (Lipinski definition) is 1. The first kappa shape index (κ1) is 28.1. The Morgan fingerprint density at radius 1 is 0.900 bits per heavy atom. The monoisotopic (exact) mass is 577 g/mol. The quantitative estimate of drug-likeness (QED) is 0.219. The molecule has 2 heterocycles.